The smallest absolute Gasteiger partial charge is 0.277 e. The van der Waals surface area contributed by atoms with Crippen LogP contribution in [0.4, 0.5) is 5.13 Å². The molecule has 0 radical (unpaired) electrons. The van der Waals surface area contributed by atoms with Gasteiger partial charge in [0.05, 0.1) is 22.9 Å². The second-order valence-electron chi connectivity index (χ2n) is 6.51. The van der Waals surface area contributed by atoms with Gasteiger partial charge in [-0.05, 0) is 44.0 Å². The molecule has 2 aromatic carbocycles. The minimum atomic E-state index is -0.313. The van der Waals surface area contributed by atoms with Gasteiger partial charge in [0.25, 0.3) is 5.91 Å². The van der Waals surface area contributed by atoms with Crippen LogP contribution in [0.3, 0.4) is 0 Å². The summed E-state index contributed by atoms with van der Waals surface area (Å²) in [5.41, 5.74) is 7.29. The largest absolute Gasteiger partial charge is 0.296 e. The van der Waals surface area contributed by atoms with Crippen LogP contribution in [0, 0.1) is 20.8 Å². The summed E-state index contributed by atoms with van der Waals surface area (Å²) >= 11 is 1.40. The maximum Gasteiger partial charge on any atom is 0.277 e. The number of hydrogen-bond acceptors (Lipinski definition) is 5. The summed E-state index contributed by atoms with van der Waals surface area (Å²) in [4.78, 5) is 25.8. The van der Waals surface area contributed by atoms with E-state index in [-0.39, 0.29) is 11.6 Å². The Kier molecular flexibility index (Phi) is 4.41. The topological polar surface area (TPSA) is 67.8 Å². The molecule has 0 aliphatic carbocycles. The Morgan fingerprint density at radius 1 is 1.00 bits per heavy atom. The second kappa shape index (κ2) is 6.89. The molecule has 0 aliphatic rings. The minimum absolute atomic E-state index is 0.271. The van der Waals surface area contributed by atoms with Crippen molar-refractivity contribution in [2.75, 3.05) is 5.32 Å². The highest BCUT2D eigenvalue weighted by Crippen LogP contribution is 2.31. The molecule has 4 aromatic rings. The van der Waals surface area contributed by atoms with Crippen LogP contribution >= 0.6 is 11.3 Å². The van der Waals surface area contributed by atoms with Crippen molar-refractivity contribution >= 4 is 33.4 Å². The molecule has 0 atom stereocenters. The van der Waals surface area contributed by atoms with Crippen molar-refractivity contribution in [1.29, 1.82) is 0 Å². The van der Waals surface area contributed by atoms with Crippen LogP contribution in [0.2, 0.25) is 0 Å². The number of thiazole rings is 1. The molecule has 0 unspecified atom stereocenters. The van der Waals surface area contributed by atoms with E-state index in [1.807, 2.05) is 29.6 Å². The lowest BCUT2D eigenvalue weighted by molar-refractivity contribution is 0.102. The van der Waals surface area contributed by atoms with Gasteiger partial charge in [0.1, 0.15) is 5.69 Å². The van der Waals surface area contributed by atoms with Crippen molar-refractivity contribution in [2.24, 2.45) is 0 Å². The van der Waals surface area contributed by atoms with Gasteiger partial charge >= 0.3 is 0 Å². The molecule has 0 spiro atoms. The monoisotopic (exact) mass is 374 g/mol. The van der Waals surface area contributed by atoms with Crippen molar-refractivity contribution in [3.63, 3.8) is 0 Å². The van der Waals surface area contributed by atoms with Crippen molar-refractivity contribution in [2.45, 2.75) is 20.8 Å². The first-order valence-electron chi connectivity index (χ1n) is 8.58. The zero-order chi connectivity index (χ0) is 19.0. The molecule has 27 heavy (non-hydrogen) atoms. The third-order valence-corrected chi connectivity index (χ3v) is 5.10. The van der Waals surface area contributed by atoms with Gasteiger partial charge in [-0.3, -0.25) is 15.1 Å². The number of carbonyl (C=O) groups excluding carboxylic acids is 1. The van der Waals surface area contributed by atoms with Gasteiger partial charge < -0.3 is 0 Å². The lowest BCUT2D eigenvalue weighted by Gasteiger charge is -2.08. The van der Waals surface area contributed by atoms with Crippen molar-refractivity contribution in [1.82, 2.24) is 15.0 Å². The zero-order valence-electron chi connectivity index (χ0n) is 15.3. The molecule has 0 aliphatic heterocycles. The highest BCUT2D eigenvalue weighted by molar-refractivity contribution is 7.14. The van der Waals surface area contributed by atoms with Crippen LogP contribution in [-0.2, 0) is 0 Å². The van der Waals surface area contributed by atoms with Gasteiger partial charge in [-0.15, -0.1) is 11.3 Å². The summed E-state index contributed by atoms with van der Waals surface area (Å²) < 4.78 is 0. The van der Waals surface area contributed by atoms with E-state index in [9.17, 15) is 4.79 Å². The molecular weight excluding hydrogens is 356 g/mol. The van der Waals surface area contributed by atoms with Crippen molar-refractivity contribution in [3.8, 4) is 11.3 Å². The SMILES string of the molecule is Cc1cc(C)c(-c2csc(NC(=O)c3cnc4ccccc4n3)n2)c(C)c1. The van der Waals surface area contributed by atoms with Gasteiger partial charge in [-0.1, -0.05) is 29.8 Å². The van der Waals surface area contributed by atoms with E-state index < -0.39 is 0 Å². The number of rotatable bonds is 3. The molecule has 134 valence electrons. The Balaban J connectivity index is 1.59. The fourth-order valence-corrected chi connectivity index (χ4v) is 3.95. The summed E-state index contributed by atoms with van der Waals surface area (Å²) in [7, 11) is 0. The maximum atomic E-state index is 12.5. The van der Waals surface area contributed by atoms with E-state index in [2.05, 4.69) is 53.2 Å². The normalized spacial score (nSPS) is 10.9. The number of nitrogens with zero attached hydrogens (tertiary/aromatic N) is 3. The first-order chi connectivity index (χ1) is 13.0. The molecule has 0 fully saturated rings. The van der Waals surface area contributed by atoms with Gasteiger partial charge in [0.2, 0.25) is 0 Å². The predicted molar refractivity (Wildman–Crippen MR) is 109 cm³/mol. The van der Waals surface area contributed by atoms with E-state index in [0.29, 0.717) is 10.6 Å². The number of para-hydroxylation sites is 2. The Morgan fingerprint density at radius 2 is 1.70 bits per heavy atom. The summed E-state index contributed by atoms with van der Waals surface area (Å²) in [5.74, 6) is -0.313. The number of carbonyl (C=O) groups is 1. The van der Waals surface area contributed by atoms with Crippen molar-refractivity contribution < 1.29 is 4.79 Å². The van der Waals surface area contributed by atoms with E-state index in [0.717, 1.165) is 16.8 Å². The van der Waals surface area contributed by atoms with Crippen LogP contribution in [0.5, 0.6) is 0 Å². The van der Waals surface area contributed by atoms with E-state index in [1.54, 1.807) is 0 Å². The first kappa shape index (κ1) is 17.3. The Morgan fingerprint density at radius 3 is 2.44 bits per heavy atom. The predicted octanol–water partition coefficient (Wildman–Crippen LogP) is 4.93. The van der Waals surface area contributed by atoms with E-state index in [1.165, 1.54) is 34.2 Å². The molecule has 1 N–H and O–H groups in total. The highest BCUT2D eigenvalue weighted by atomic mass is 32.1. The molecule has 0 saturated heterocycles. The summed E-state index contributed by atoms with van der Waals surface area (Å²) in [6, 6.07) is 11.8. The van der Waals surface area contributed by atoms with Crippen molar-refractivity contribution in [3.05, 3.63) is 70.4 Å². The molecule has 0 bridgehead atoms. The number of amides is 1. The average Bonchev–Trinajstić information content (AvgIpc) is 3.08. The quantitative estimate of drug-likeness (QED) is 0.552. The van der Waals surface area contributed by atoms with Gasteiger partial charge in [-0.2, -0.15) is 0 Å². The summed E-state index contributed by atoms with van der Waals surface area (Å²) in [6.45, 7) is 6.25. The third kappa shape index (κ3) is 3.44. The third-order valence-electron chi connectivity index (χ3n) is 4.34. The molecular formula is C21H18N4OS. The minimum Gasteiger partial charge on any atom is -0.296 e. The number of nitrogens with one attached hydrogen (secondary N) is 1. The number of benzene rings is 2. The second-order valence-corrected chi connectivity index (χ2v) is 7.37. The van der Waals surface area contributed by atoms with E-state index in [4.69, 9.17) is 0 Å². The van der Waals surface area contributed by atoms with Crippen LogP contribution in [0.25, 0.3) is 22.3 Å². The standard InChI is InChI=1S/C21H18N4OS/c1-12-8-13(2)19(14(3)9-12)18-11-27-21(24-18)25-20(26)17-10-22-15-6-4-5-7-16(15)23-17/h4-11H,1-3H3,(H,24,25,26). The number of anilines is 1. The highest BCUT2D eigenvalue weighted by Gasteiger charge is 2.14. The lowest BCUT2D eigenvalue weighted by atomic mass is 9.98. The number of aromatic nitrogens is 3. The average molecular weight is 374 g/mol. The zero-order valence-corrected chi connectivity index (χ0v) is 16.1. The number of aryl methyl sites for hydroxylation is 3. The Hall–Kier alpha value is -3.12. The number of hydrogen-bond donors (Lipinski definition) is 1. The van der Waals surface area contributed by atoms with E-state index >= 15 is 0 Å². The van der Waals surface area contributed by atoms with Crippen LogP contribution in [-0.4, -0.2) is 20.9 Å². The van der Waals surface area contributed by atoms with Gasteiger partial charge in [0, 0.05) is 10.9 Å². The molecule has 5 nitrogen and oxygen atoms in total. The first-order valence-corrected chi connectivity index (χ1v) is 9.46. The molecule has 2 aromatic heterocycles. The number of fused-ring (bicyclic) bond motifs is 1. The fraction of sp³-hybridized carbons (Fsp3) is 0.143. The molecule has 1 amide bonds. The van der Waals surface area contributed by atoms with Crippen LogP contribution in [0.15, 0.2) is 48.0 Å². The molecule has 2 heterocycles. The molecule has 4 rings (SSSR count). The maximum absolute atomic E-state index is 12.5. The summed E-state index contributed by atoms with van der Waals surface area (Å²) in [6.07, 6.45) is 1.49. The van der Waals surface area contributed by atoms with Crippen LogP contribution < -0.4 is 5.32 Å². The Labute approximate surface area is 161 Å². The lowest BCUT2D eigenvalue weighted by Crippen LogP contribution is -2.14. The summed E-state index contributed by atoms with van der Waals surface area (Å²) in [5, 5.41) is 5.34. The fourth-order valence-electron chi connectivity index (χ4n) is 3.26. The van der Waals surface area contributed by atoms with Crippen LogP contribution in [0.1, 0.15) is 27.2 Å². The molecule has 0 saturated carbocycles. The molecule has 6 heteroatoms. The van der Waals surface area contributed by atoms with Gasteiger partial charge in [-0.25, -0.2) is 9.97 Å². The van der Waals surface area contributed by atoms with Gasteiger partial charge in [0.15, 0.2) is 5.13 Å². The Bertz CT molecular complexity index is 1140.